The average molecular weight is 272 g/mol. The SMILES string of the molecule is Cc1cc(Br)c2c([N+](=O)[O-])csc2c1. The normalized spacial score (nSPS) is 10.7. The molecule has 0 unspecified atom stereocenters. The zero-order chi connectivity index (χ0) is 10.3. The van der Waals surface area contributed by atoms with Gasteiger partial charge in [0.1, 0.15) is 0 Å². The van der Waals surface area contributed by atoms with Crippen LogP contribution in [-0.4, -0.2) is 4.92 Å². The highest BCUT2D eigenvalue weighted by Gasteiger charge is 2.16. The van der Waals surface area contributed by atoms with Gasteiger partial charge in [0.05, 0.1) is 15.7 Å². The Kier molecular flexibility index (Phi) is 2.28. The van der Waals surface area contributed by atoms with Crippen molar-refractivity contribution in [3.8, 4) is 0 Å². The molecule has 0 aliphatic carbocycles. The van der Waals surface area contributed by atoms with Crippen LogP contribution in [0.3, 0.4) is 0 Å². The van der Waals surface area contributed by atoms with Gasteiger partial charge in [-0.25, -0.2) is 0 Å². The molecule has 0 aliphatic heterocycles. The number of benzene rings is 1. The van der Waals surface area contributed by atoms with Crippen molar-refractivity contribution in [2.24, 2.45) is 0 Å². The van der Waals surface area contributed by atoms with Gasteiger partial charge >= 0.3 is 0 Å². The van der Waals surface area contributed by atoms with Gasteiger partial charge in [-0.2, -0.15) is 0 Å². The van der Waals surface area contributed by atoms with Crippen molar-refractivity contribution in [3.63, 3.8) is 0 Å². The molecular weight excluding hydrogens is 266 g/mol. The maximum absolute atomic E-state index is 10.7. The number of halogens is 1. The minimum Gasteiger partial charge on any atom is -0.258 e. The first-order chi connectivity index (χ1) is 6.59. The van der Waals surface area contributed by atoms with E-state index < -0.39 is 0 Å². The van der Waals surface area contributed by atoms with E-state index in [1.807, 2.05) is 19.1 Å². The Morgan fingerprint density at radius 1 is 1.50 bits per heavy atom. The van der Waals surface area contributed by atoms with E-state index >= 15 is 0 Å². The van der Waals surface area contributed by atoms with E-state index in [2.05, 4.69) is 15.9 Å². The molecule has 0 N–H and O–H groups in total. The molecule has 0 amide bonds. The summed E-state index contributed by atoms with van der Waals surface area (Å²) in [5.74, 6) is 0. The standard InChI is InChI=1S/C9H6BrNO2S/c1-5-2-6(10)9-7(11(12)13)4-14-8(9)3-5/h2-4H,1H3. The Hall–Kier alpha value is -0.940. The summed E-state index contributed by atoms with van der Waals surface area (Å²) >= 11 is 4.75. The van der Waals surface area contributed by atoms with Crippen LogP contribution in [-0.2, 0) is 0 Å². The molecule has 0 spiro atoms. The van der Waals surface area contributed by atoms with Crippen LogP contribution in [0.1, 0.15) is 5.56 Å². The molecular formula is C9H6BrNO2S. The molecule has 2 rings (SSSR count). The monoisotopic (exact) mass is 271 g/mol. The molecule has 0 aliphatic rings. The molecule has 0 saturated carbocycles. The molecule has 0 fully saturated rings. The third-order valence-corrected chi connectivity index (χ3v) is 3.49. The van der Waals surface area contributed by atoms with Gasteiger partial charge in [0, 0.05) is 9.17 Å². The van der Waals surface area contributed by atoms with E-state index in [1.54, 1.807) is 5.38 Å². The van der Waals surface area contributed by atoms with Crippen LogP contribution in [0.2, 0.25) is 0 Å². The van der Waals surface area contributed by atoms with E-state index in [4.69, 9.17) is 0 Å². The lowest BCUT2D eigenvalue weighted by atomic mass is 10.2. The van der Waals surface area contributed by atoms with Crippen LogP contribution in [0, 0.1) is 17.0 Å². The summed E-state index contributed by atoms with van der Waals surface area (Å²) in [5.41, 5.74) is 1.28. The first-order valence-corrected chi connectivity index (χ1v) is 5.58. The average Bonchev–Trinajstić information content (AvgIpc) is 2.47. The van der Waals surface area contributed by atoms with Gasteiger partial charge in [0.2, 0.25) is 0 Å². The van der Waals surface area contributed by atoms with Gasteiger partial charge in [-0.05, 0) is 40.5 Å². The molecule has 0 atom stereocenters. The smallest absolute Gasteiger partial charge is 0.258 e. The van der Waals surface area contributed by atoms with Crippen LogP contribution in [0.4, 0.5) is 5.69 Å². The molecule has 1 aromatic heterocycles. The van der Waals surface area contributed by atoms with Gasteiger partial charge in [0.25, 0.3) is 5.69 Å². The molecule has 0 saturated heterocycles. The first-order valence-electron chi connectivity index (χ1n) is 3.91. The van der Waals surface area contributed by atoms with E-state index in [0.29, 0.717) is 5.39 Å². The lowest BCUT2D eigenvalue weighted by Gasteiger charge is -1.96. The fraction of sp³-hybridized carbons (Fsp3) is 0.111. The highest BCUT2D eigenvalue weighted by atomic mass is 79.9. The number of rotatable bonds is 1. The molecule has 5 heteroatoms. The molecule has 0 bridgehead atoms. The molecule has 0 radical (unpaired) electrons. The predicted octanol–water partition coefficient (Wildman–Crippen LogP) is 3.88. The van der Waals surface area contributed by atoms with Crippen molar-refractivity contribution in [2.75, 3.05) is 0 Å². The minimum atomic E-state index is -0.348. The van der Waals surface area contributed by atoms with Gasteiger partial charge in [0.15, 0.2) is 0 Å². The second kappa shape index (κ2) is 3.33. The summed E-state index contributed by atoms with van der Waals surface area (Å²) < 4.78 is 1.74. The Bertz CT molecular complexity index is 521. The lowest BCUT2D eigenvalue weighted by Crippen LogP contribution is -1.85. The van der Waals surface area contributed by atoms with Crippen LogP contribution < -0.4 is 0 Å². The van der Waals surface area contributed by atoms with Crippen molar-refractivity contribution >= 4 is 43.0 Å². The molecule has 14 heavy (non-hydrogen) atoms. The summed E-state index contributed by atoms with van der Waals surface area (Å²) in [6.07, 6.45) is 0. The van der Waals surface area contributed by atoms with Gasteiger partial charge in [-0.1, -0.05) is 0 Å². The summed E-state index contributed by atoms with van der Waals surface area (Å²) in [6.45, 7) is 1.97. The number of hydrogen-bond acceptors (Lipinski definition) is 3. The topological polar surface area (TPSA) is 43.1 Å². The fourth-order valence-corrected chi connectivity index (χ4v) is 3.30. The summed E-state index contributed by atoms with van der Waals surface area (Å²) in [6, 6.07) is 3.85. The van der Waals surface area contributed by atoms with E-state index in [0.717, 1.165) is 14.7 Å². The highest BCUT2D eigenvalue weighted by molar-refractivity contribution is 9.10. The highest BCUT2D eigenvalue weighted by Crippen LogP contribution is 2.37. The van der Waals surface area contributed by atoms with Gasteiger partial charge < -0.3 is 0 Å². The van der Waals surface area contributed by atoms with Gasteiger partial charge in [-0.15, -0.1) is 11.3 Å². The zero-order valence-corrected chi connectivity index (χ0v) is 9.68. The number of aryl methyl sites for hydroxylation is 1. The maximum atomic E-state index is 10.7. The van der Waals surface area contributed by atoms with E-state index in [1.165, 1.54) is 11.3 Å². The van der Waals surface area contributed by atoms with Crippen molar-refractivity contribution in [1.29, 1.82) is 0 Å². The van der Waals surface area contributed by atoms with Crippen LogP contribution in [0.15, 0.2) is 22.0 Å². The Labute approximate surface area is 92.6 Å². The number of fused-ring (bicyclic) bond motifs is 1. The Morgan fingerprint density at radius 3 is 2.86 bits per heavy atom. The second-order valence-corrected chi connectivity index (χ2v) is 4.76. The van der Waals surface area contributed by atoms with E-state index in [-0.39, 0.29) is 10.6 Å². The minimum absolute atomic E-state index is 0.178. The van der Waals surface area contributed by atoms with Crippen molar-refractivity contribution in [2.45, 2.75) is 6.92 Å². The van der Waals surface area contributed by atoms with Crippen LogP contribution in [0.5, 0.6) is 0 Å². The Balaban J connectivity index is 2.85. The third-order valence-electron chi connectivity index (χ3n) is 1.95. The summed E-state index contributed by atoms with van der Waals surface area (Å²) in [4.78, 5) is 10.4. The second-order valence-electron chi connectivity index (χ2n) is 3.00. The Morgan fingerprint density at radius 2 is 2.21 bits per heavy atom. The van der Waals surface area contributed by atoms with E-state index in [9.17, 15) is 10.1 Å². The molecule has 2 aromatic rings. The molecule has 1 heterocycles. The molecule has 72 valence electrons. The molecule has 1 aromatic carbocycles. The summed E-state index contributed by atoms with van der Waals surface area (Å²) in [7, 11) is 0. The predicted molar refractivity (Wildman–Crippen MR) is 60.9 cm³/mol. The first kappa shape index (κ1) is 9.61. The lowest BCUT2D eigenvalue weighted by molar-refractivity contribution is -0.382. The summed E-state index contributed by atoms with van der Waals surface area (Å²) in [5, 5.41) is 13.0. The van der Waals surface area contributed by atoms with Crippen molar-refractivity contribution in [1.82, 2.24) is 0 Å². The van der Waals surface area contributed by atoms with Crippen LogP contribution in [0.25, 0.3) is 10.1 Å². The molecule has 3 nitrogen and oxygen atoms in total. The van der Waals surface area contributed by atoms with Crippen molar-refractivity contribution < 1.29 is 4.92 Å². The quantitative estimate of drug-likeness (QED) is 0.584. The maximum Gasteiger partial charge on any atom is 0.288 e. The number of hydrogen-bond donors (Lipinski definition) is 0. The van der Waals surface area contributed by atoms with Crippen molar-refractivity contribution in [3.05, 3.63) is 37.7 Å². The number of nitrogens with zero attached hydrogens (tertiary/aromatic N) is 1. The number of nitro groups is 1. The number of thiophene rings is 1. The van der Waals surface area contributed by atoms with Gasteiger partial charge in [-0.3, -0.25) is 10.1 Å². The fourth-order valence-electron chi connectivity index (χ4n) is 1.36. The largest absolute Gasteiger partial charge is 0.288 e. The third kappa shape index (κ3) is 1.42. The zero-order valence-electron chi connectivity index (χ0n) is 7.28. The van der Waals surface area contributed by atoms with Crippen LogP contribution >= 0.6 is 27.3 Å².